The summed E-state index contributed by atoms with van der Waals surface area (Å²) in [4.78, 5) is 33.0. The summed E-state index contributed by atoms with van der Waals surface area (Å²) in [6.07, 6.45) is 1.57. The van der Waals surface area contributed by atoms with Crippen molar-refractivity contribution in [1.29, 1.82) is 0 Å². The van der Waals surface area contributed by atoms with Gasteiger partial charge in [-0.05, 0) is 44.6 Å². The molecular formula is C16H24N4O5. The van der Waals surface area contributed by atoms with Crippen molar-refractivity contribution in [1.82, 2.24) is 16.0 Å². The molecule has 1 aromatic carbocycles. The van der Waals surface area contributed by atoms with E-state index >= 15 is 0 Å². The Morgan fingerprint density at radius 2 is 1.80 bits per heavy atom. The van der Waals surface area contributed by atoms with Crippen LogP contribution in [0.25, 0.3) is 0 Å². The van der Waals surface area contributed by atoms with E-state index in [0.717, 1.165) is 13.0 Å². The van der Waals surface area contributed by atoms with Crippen LogP contribution in [-0.4, -0.2) is 56.1 Å². The molecule has 0 unspecified atom stereocenters. The predicted octanol–water partition coefficient (Wildman–Crippen LogP) is -0.898. The standard InChI is InChI=1S/C16H24N4O5/c17-14(23)10-19-8-2-6-18-7-3-9-20-16(24)12-4-1-5-13(22)15(12)25-11-21/h1,4-5,11,18-19,22H,2-3,6-10H2,(H2,17,23)(H,20,24). The third-order valence-corrected chi connectivity index (χ3v) is 3.23. The number of nitrogens with one attached hydrogen (secondary N) is 3. The van der Waals surface area contributed by atoms with Gasteiger partial charge in [-0.3, -0.25) is 14.4 Å². The number of rotatable bonds is 13. The van der Waals surface area contributed by atoms with Crippen molar-refractivity contribution in [3.8, 4) is 11.5 Å². The largest absolute Gasteiger partial charge is 0.504 e. The molecule has 2 amide bonds. The Bertz CT molecular complexity index is 580. The minimum atomic E-state index is -0.427. The van der Waals surface area contributed by atoms with E-state index in [1.165, 1.54) is 18.2 Å². The van der Waals surface area contributed by atoms with Crippen molar-refractivity contribution < 1.29 is 24.2 Å². The Morgan fingerprint density at radius 1 is 1.12 bits per heavy atom. The van der Waals surface area contributed by atoms with E-state index in [-0.39, 0.29) is 36.0 Å². The second kappa shape index (κ2) is 11.8. The van der Waals surface area contributed by atoms with Gasteiger partial charge in [-0.25, -0.2) is 0 Å². The molecule has 0 fully saturated rings. The van der Waals surface area contributed by atoms with Crippen LogP contribution in [0.3, 0.4) is 0 Å². The quantitative estimate of drug-likeness (QED) is 0.229. The van der Waals surface area contributed by atoms with E-state index in [9.17, 15) is 19.5 Å². The molecule has 0 aliphatic heterocycles. The molecule has 9 nitrogen and oxygen atoms in total. The number of para-hydroxylation sites is 1. The molecule has 9 heteroatoms. The van der Waals surface area contributed by atoms with Gasteiger partial charge in [0.2, 0.25) is 5.91 Å². The lowest BCUT2D eigenvalue weighted by atomic mass is 10.1. The number of hydrogen-bond donors (Lipinski definition) is 5. The fourth-order valence-electron chi connectivity index (χ4n) is 2.06. The van der Waals surface area contributed by atoms with Gasteiger partial charge in [0.1, 0.15) is 0 Å². The first-order valence-electron chi connectivity index (χ1n) is 7.96. The molecule has 0 aliphatic carbocycles. The molecule has 0 saturated carbocycles. The molecule has 0 saturated heterocycles. The molecule has 1 rings (SSSR count). The van der Waals surface area contributed by atoms with Crippen molar-refractivity contribution >= 4 is 18.3 Å². The van der Waals surface area contributed by atoms with Gasteiger partial charge in [-0.15, -0.1) is 0 Å². The molecule has 0 heterocycles. The van der Waals surface area contributed by atoms with Crippen molar-refractivity contribution in [2.24, 2.45) is 5.73 Å². The van der Waals surface area contributed by atoms with Crippen LogP contribution >= 0.6 is 0 Å². The number of ether oxygens (including phenoxy) is 1. The predicted molar refractivity (Wildman–Crippen MR) is 91.3 cm³/mol. The molecule has 6 N–H and O–H groups in total. The van der Waals surface area contributed by atoms with Crippen LogP contribution in [0.5, 0.6) is 11.5 Å². The third kappa shape index (κ3) is 8.13. The zero-order valence-electron chi connectivity index (χ0n) is 13.9. The Kier molecular flexibility index (Phi) is 9.64. The van der Waals surface area contributed by atoms with Crippen molar-refractivity contribution in [2.45, 2.75) is 12.8 Å². The van der Waals surface area contributed by atoms with Gasteiger partial charge in [-0.2, -0.15) is 0 Å². The highest BCUT2D eigenvalue weighted by Crippen LogP contribution is 2.29. The summed E-state index contributed by atoms with van der Waals surface area (Å²) in [5.41, 5.74) is 5.10. The number of carbonyl (C=O) groups is 3. The average molecular weight is 352 g/mol. The van der Waals surface area contributed by atoms with Crippen LogP contribution in [0.2, 0.25) is 0 Å². The normalized spacial score (nSPS) is 10.2. The van der Waals surface area contributed by atoms with Gasteiger partial charge in [0.05, 0.1) is 12.1 Å². The summed E-state index contributed by atoms with van der Waals surface area (Å²) in [7, 11) is 0. The second-order valence-corrected chi connectivity index (χ2v) is 5.22. The van der Waals surface area contributed by atoms with Gasteiger partial charge >= 0.3 is 0 Å². The molecule has 25 heavy (non-hydrogen) atoms. The maximum atomic E-state index is 12.1. The number of hydrogen-bond acceptors (Lipinski definition) is 7. The van der Waals surface area contributed by atoms with E-state index in [2.05, 4.69) is 20.7 Å². The number of nitrogens with two attached hydrogens (primary N) is 1. The van der Waals surface area contributed by atoms with Gasteiger partial charge in [-0.1, -0.05) is 6.07 Å². The number of aromatic hydroxyl groups is 1. The number of phenols is 1. The lowest BCUT2D eigenvalue weighted by molar-refractivity contribution is -0.121. The van der Waals surface area contributed by atoms with Crippen molar-refractivity contribution in [2.75, 3.05) is 32.7 Å². The first-order valence-corrected chi connectivity index (χ1v) is 7.96. The number of primary amides is 1. The highest BCUT2D eigenvalue weighted by molar-refractivity contribution is 5.98. The maximum absolute atomic E-state index is 12.1. The lowest BCUT2D eigenvalue weighted by Gasteiger charge is -2.10. The van der Waals surface area contributed by atoms with E-state index in [1.54, 1.807) is 0 Å². The molecule has 0 bridgehead atoms. The van der Waals surface area contributed by atoms with E-state index in [1.807, 2.05) is 0 Å². The first kappa shape index (κ1) is 20.4. The smallest absolute Gasteiger partial charge is 0.298 e. The summed E-state index contributed by atoms with van der Waals surface area (Å²) in [5, 5.41) is 18.4. The van der Waals surface area contributed by atoms with Crippen LogP contribution in [0.15, 0.2) is 18.2 Å². The van der Waals surface area contributed by atoms with E-state index < -0.39 is 5.91 Å². The van der Waals surface area contributed by atoms with Crippen LogP contribution < -0.4 is 26.4 Å². The van der Waals surface area contributed by atoms with Crippen LogP contribution in [0, 0.1) is 0 Å². The maximum Gasteiger partial charge on any atom is 0.298 e. The minimum Gasteiger partial charge on any atom is -0.504 e. The summed E-state index contributed by atoms with van der Waals surface area (Å²) in [6, 6.07) is 4.29. The van der Waals surface area contributed by atoms with Gasteiger partial charge < -0.3 is 31.5 Å². The molecule has 0 aliphatic rings. The molecule has 0 atom stereocenters. The van der Waals surface area contributed by atoms with E-state index in [4.69, 9.17) is 5.73 Å². The van der Waals surface area contributed by atoms with Crippen molar-refractivity contribution in [3.63, 3.8) is 0 Å². The molecule has 0 spiro atoms. The monoisotopic (exact) mass is 352 g/mol. The zero-order valence-corrected chi connectivity index (χ0v) is 13.9. The summed E-state index contributed by atoms with van der Waals surface area (Å²) >= 11 is 0. The fraction of sp³-hybridized carbons (Fsp3) is 0.438. The Morgan fingerprint density at radius 3 is 2.48 bits per heavy atom. The zero-order chi connectivity index (χ0) is 18.5. The summed E-state index contributed by atoms with van der Waals surface area (Å²) in [6.45, 7) is 2.97. The van der Waals surface area contributed by atoms with Crippen LogP contribution in [0.1, 0.15) is 23.2 Å². The molecule has 0 radical (unpaired) electrons. The average Bonchev–Trinajstić information content (AvgIpc) is 2.58. The van der Waals surface area contributed by atoms with Crippen LogP contribution in [-0.2, 0) is 9.59 Å². The number of phenolic OH excluding ortho intramolecular Hbond substituents is 1. The summed E-state index contributed by atoms with van der Waals surface area (Å²) in [5.74, 6) is -1.23. The Hall–Kier alpha value is -2.65. The van der Waals surface area contributed by atoms with Gasteiger partial charge in [0.15, 0.2) is 11.5 Å². The lowest BCUT2D eigenvalue weighted by Crippen LogP contribution is -2.31. The molecular weight excluding hydrogens is 328 g/mol. The first-order chi connectivity index (χ1) is 12.1. The minimum absolute atomic E-state index is 0.0978. The fourth-order valence-corrected chi connectivity index (χ4v) is 2.06. The highest BCUT2D eigenvalue weighted by atomic mass is 16.5. The Balaban J connectivity index is 2.18. The molecule has 0 aromatic heterocycles. The second-order valence-electron chi connectivity index (χ2n) is 5.22. The molecule has 138 valence electrons. The highest BCUT2D eigenvalue weighted by Gasteiger charge is 2.15. The van der Waals surface area contributed by atoms with Crippen LogP contribution in [0.4, 0.5) is 0 Å². The third-order valence-electron chi connectivity index (χ3n) is 3.23. The van der Waals surface area contributed by atoms with Gasteiger partial charge in [0, 0.05) is 6.54 Å². The van der Waals surface area contributed by atoms with Gasteiger partial charge in [0.25, 0.3) is 12.4 Å². The topological polar surface area (TPSA) is 143 Å². The Labute approximate surface area is 145 Å². The SMILES string of the molecule is NC(=O)CNCCCNCCCNC(=O)c1cccc(O)c1OC=O. The van der Waals surface area contributed by atoms with Crippen molar-refractivity contribution in [3.05, 3.63) is 23.8 Å². The number of amides is 2. The number of benzene rings is 1. The molecule has 1 aromatic rings. The van der Waals surface area contributed by atoms with E-state index in [0.29, 0.717) is 26.1 Å². The summed E-state index contributed by atoms with van der Waals surface area (Å²) < 4.78 is 4.66. The number of carbonyl (C=O) groups excluding carboxylic acids is 3.